The Morgan fingerprint density at radius 3 is 2.52 bits per heavy atom. The van der Waals surface area contributed by atoms with Crippen LogP contribution in [0.2, 0.25) is 0 Å². The fourth-order valence-electron chi connectivity index (χ4n) is 1.64. The first kappa shape index (κ1) is 17.2. The molecule has 3 N–H and O–H groups in total. The summed E-state index contributed by atoms with van der Waals surface area (Å²) in [5.41, 5.74) is 0.666. The van der Waals surface area contributed by atoms with Crippen LogP contribution in [-0.4, -0.2) is 29.1 Å². The van der Waals surface area contributed by atoms with Crippen molar-refractivity contribution in [1.29, 1.82) is 0 Å². The number of anilines is 1. The lowest BCUT2D eigenvalue weighted by molar-refractivity contribution is -0.136. The minimum absolute atomic E-state index is 0.0434. The van der Waals surface area contributed by atoms with E-state index in [1.807, 2.05) is 25.1 Å². The molecule has 116 valence electrons. The van der Waals surface area contributed by atoms with Crippen molar-refractivity contribution in [3.63, 3.8) is 0 Å². The Morgan fingerprint density at radius 1 is 1.29 bits per heavy atom. The molecule has 1 rings (SSSR count). The molecule has 1 aromatic rings. The first-order valence-electron chi connectivity index (χ1n) is 7.16. The third kappa shape index (κ3) is 5.55. The molecule has 0 heterocycles. The van der Waals surface area contributed by atoms with Crippen LogP contribution in [-0.2, 0) is 9.59 Å². The average Bonchev–Trinajstić information content (AvgIpc) is 2.45. The topological polar surface area (TPSA) is 78.4 Å². The summed E-state index contributed by atoms with van der Waals surface area (Å²) in [4.78, 5) is 23.5. The van der Waals surface area contributed by atoms with E-state index in [1.54, 1.807) is 13.0 Å². The van der Waals surface area contributed by atoms with Gasteiger partial charge in [0.15, 0.2) is 0 Å². The third-order valence-corrected chi connectivity index (χ3v) is 3.41. The summed E-state index contributed by atoms with van der Waals surface area (Å²) in [7, 11) is 0. The van der Waals surface area contributed by atoms with Crippen LogP contribution in [0.4, 0.5) is 5.69 Å². The largest absolute Gasteiger partial charge is 0.388 e. The molecule has 0 saturated carbocycles. The highest BCUT2D eigenvalue weighted by Gasteiger charge is 2.21. The summed E-state index contributed by atoms with van der Waals surface area (Å²) in [6.07, 6.45) is 0.491. The molecule has 0 aliphatic carbocycles. The number of carbonyl (C=O) groups excluding carboxylic acids is 2. The van der Waals surface area contributed by atoms with Crippen molar-refractivity contribution in [2.24, 2.45) is 0 Å². The highest BCUT2D eigenvalue weighted by molar-refractivity contribution is 6.39. The van der Waals surface area contributed by atoms with Crippen LogP contribution in [0, 0.1) is 0 Å². The van der Waals surface area contributed by atoms with Crippen LogP contribution < -0.4 is 10.6 Å². The Morgan fingerprint density at radius 2 is 1.95 bits per heavy atom. The van der Waals surface area contributed by atoms with Crippen LogP contribution >= 0.6 is 0 Å². The lowest BCUT2D eigenvalue weighted by Gasteiger charge is -2.21. The van der Waals surface area contributed by atoms with Gasteiger partial charge in [0.1, 0.15) is 0 Å². The molecule has 0 unspecified atom stereocenters. The van der Waals surface area contributed by atoms with Crippen molar-refractivity contribution in [3.8, 4) is 0 Å². The first-order chi connectivity index (χ1) is 9.75. The van der Waals surface area contributed by atoms with Crippen molar-refractivity contribution in [3.05, 3.63) is 29.8 Å². The second-order valence-corrected chi connectivity index (χ2v) is 5.77. The maximum Gasteiger partial charge on any atom is 0.313 e. The summed E-state index contributed by atoms with van der Waals surface area (Å²) in [5, 5.41) is 14.8. The van der Waals surface area contributed by atoms with E-state index in [1.165, 1.54) is 0 Å². The quantitative estimate of drug-likeness (QED) is 0.727. The maximum absolute atomic E-state index is 11.8. The normalized spacial score (nSPS) is 13.6. The van der Waals surface area contributed by atoms with Crippen molar-refractivity contribution in [2.45, 2.75) is 45.6 Å². The van der Waals surface area contributed by atoms with E-state index >= 15 is 0 Å². The number of carbonyl (C=O) groups is 2. The number of hydrogen-bond acceptors (Lipinski definition) is 3. The van der Waals surface area contributed by atoms with Gasteiger partial charge in [-0.3, -0.25) is 9.59 Å². The smallest absolute Gasteiger partial charge is 0.313 e. The number of hydrogen-bond donors (Lipinski definition) is 3. The molecule has 1 aromatic carbocycles. The van der Waals surface area contributed by atoms with Gasteiger partial charge in [0.2, 0.25) is 0 Å². The van der Waals surface area contributed by atoms with Gasteiger partial charge in [0, 0.05) is 12.2 Å². The van der Waals surface area contributed by atoms with Crippen LogP contribution in [0.25, 0.3) is 0 Å². The van der Waals surface area contributed by atoms with Crippen molar-refractivity contribution >= 4 is 17.5 Å². The van der Waals surface area contributed by atoms with Gasteiger partial charge in [-0.15, -0.1) is 0 Å². The number of benzene rings is 1. The van der Waals surface area contributed by atoms with Crippen molar-refractivity contribution in [1.82, 2.24) is 5.32 Å². The van der Waals surface area contributed by atoms with Crippen LogP contribution in [0.1, 0.15) is 45.6 Å². The lowest BCUT2D eigenvalue weighted by atomic mass is 10.0. The van der Waals surface area contributed by atoms with Crippen molar-refractivity contribution in [2.75, 3.05) is 11.9 Å². The van der Waals surface area contributed by atoms with Gasteiger partial charge in [-0.25, -0.2) is 0 Å². The van der Waals surface area contributed by atoms with E-state index in [2.05, 4.69) is 24.5 Å². The third-order valence-electron chi connectivity index (χ3n) is 3.41. The number of amides is 2. The van der Waals surface area contributed by atoms with Crippen LogP contribution in [0.3, 0.4) is 0 Å². The monoisotopic (exact) mass is 292 g/mol. The van der Waals surface area contributed by atoms with E-state index in [0.717, 1.165) is 5.56 Å². The van der Waals surface area contributed by atoms with Crippen LogP contribution in [0.15, 0.2) is 24.3 Å². The number of aliphatic hydroxyl groups is 1. The molecule has 0 aliphatic heterocycles. The molecule has 0 bridgehead atoms. The minimum atomic E-state index is -1.01. The SMILES string of the molecule is CC[C@](C)(O)CNC(=O)C(=O)Nc1cccc(C(C)C)c1. The predicted octanol–water partition coefficient (Wildman–Crippen LogP) is 2.03. The minimum Gasteiger partial charge on any atom is -0.388 e. The molecule has 0 aromatic heterocycles. The van der Waals surface area contributed by atoms with Gasteiger partial charge in [-0.05, 0) is 37.0 Å². The Kier molecular flexibility index (Phi) is 5.90. The standard InChI is InChI=1S/C16H24N2O3/c1-5-16(4,21)10-17-14(19)15(20)18-13-8-6-7-12(9-13)11(2)3/h6-9,11,21H,5,10H2,1-4H3,(H,17,19)(H,18,20)/t16-/m0/s1. The average molecular weight is 292 g/mol. The molecule has 1 atom stereocenters. The van der Waals surface area contributed by atoms with Gasteiger partial charge >= 0.3 is 11.8 Å². The fourth-order valence-corrected chi connectivity index (χ4v) is 1.64. The molecule has 5 nitrogen and oxygen atoms in total. The maximum atomic E-state index is 11.8. The van der Waals surface area contributed by atoms with Gasteiger partial charge in [-0.1, -0.05) is 32.9 Å². The van der Waals surface area contributed by atoms with Gasteiger partial charge in [-0.2, -0.15) is 0 Å². The predicted molar refractivity (Wildman–Crippen MR) is 83.1 cm³/mol. The first-order valence-corrected chi connectivity index (χ1v) is 7.16. The zero-order valence-electron chi connectivity index (χ0n) is 13.1. The van der Waals surface area contributed by atoms with E-state index in [-0.39, 0.29) is 6.54 Å². The van der Waals surface area contributed by atoms with E-state index < -0.39 is 17.4 Å². The lowest BCUT2D eigenvalue weighted by Crippen LogP contribution is -2.44. The second-order valence-electron chi connectivity index (χ2n) is 5.77. The molecule has 0 saturated heterocycles. The van der Waals surface area contributed by atoms with Gasteiger partial charge in [0.25, 0.3) is 0 Å². The van der Waals surface area contributed by atoms with E-state index in [0.29, 0.717) is 18.0 Å². The molecule has 5 heteroatoms. The van der Waals surface area contributed by atoms with Gasteiger partial charge in [0.05, 0.1) is 5.60 Å². The Bertz CT molecular complexity index is 510. The van der Waals surface area contributed by atoms with E-state index in [4.69, 9.17) is 0 Å². The molecule has 0 aliphatic rings. The molecule has 0 radical (unpaired) electrons. The molecular weight excluding hydrogens is 268 g/mol. The number of rotatable bonds is 5. The second kappa shape index (κ2) is 7.22. The summed E-state index contributed by atoms with van der Waals surface area (Å²) < 4.78 is 0. The summed E-state index contributed by atoms with van der Waals surface area (Å²) in [5.74, 6) is -1.14. The Labute approximate surface area is 125 Å². The summed E-state index contributed by atoms with van der Waals surface area (Å²) in [6, 6.07) is 7.39. The molecule has 2 amide bonds. The highest BCUT2D eigenvalue weighted by atomic mass is 16.3. The molecular formula is C16H24N2O3. The van der Waals surface area contributed by atoms with E-state index in [9.17, 15) is 14.7 Å². The molecule has 21 heavy (non-hydrogen) atoms. The molecule has 0 fully saturated rings. The highest BCUT2D eigenvalue weighted by Crippen LogP contribution is 2.18. The Balaban J connectivity index is 2.60. The van der Waals surface area contributed by atoms with Gasteiger partial charge < -0.3 is 15.7 Å². The number of nitrogens with one attached hydrogen (secondary N) is 2. The zero-order valence-corrected chi connectivity index (χ0v) is 13.1. The zero-order chi connectivity index (χ0) is 16.0. The van der Waals surface area contributed by atoms with Crippen molar-refractivity contribution < 1.29 is 14.7 Å². The summed E-state index contributed by atoms with van der Waals surface area (Å²) >= 11 is 0. The summed E-state index contributed by atoms with van der Waals surface area (Å²) in [6.45, 7) is 7.57. The fraction of sp³-hybridized carbons (Fsp3) is 0.500. The molecule has 0 spiro atoms. The Hall–Kier alpha value is -1.88. The van der Waals surface area contributed by atoms with Crippen LogP contribution in [0.5, 0.6) is 0 Å².